The highest BCUT2D eigenvalue weighted by Gasteiger charge is 2.39. The van der Waals surface area contributed by atoms with E-state index in [0.717, 1.165) is 17.0 Å². The second-order valence-electron chi connectivity index (χ2n) is 6.49. The van der Waals surface area contributed by atoms with Gasteiger partial charge in [0.25, 0.3) is 0 Å². The van der Waals surface area contributed by atoms with Crippen LogP contribution in [-0.2, 0) is 0 Å². The molecule has 3 heteroatoms. The van der Waals surface area contributed by atoms with E-state index in [9.17, 15) is 0 Å². The first kappa shape index (κ1) is 14.4. The van der Waals surface area contributed by atoms with Crippen molar-refractivity contribution in [2.24, 2.45) is 11.7 Å². The van der Waals surface area contributed by atoms with Crippen LogP contribution in [0.15, 0.2) is 24.3 Å². The molecule has 0 aromatic heterocycles. The third kappa shape index (κ3) is 2.74. The van der Waals surface area contributed by atoms with Crippen LogP contribution in [0.5, 0.6) is 0 Å². The van der Waals surface area contributed by atoms with Crippen LogP contribution in [0.3, 0.4) is 0 Å². The highest BCUT2D eigenvalue weighted by molar-refractivity contribution is 6.30. The van der Waals surface area contributed by atoms with Gasteiger partial charge in [-0.1, -0.05) is 30.2 Å². The van der Waals surface area contributed by atoms with E-state index in [4.69, 9.17) is 17.3 Å². The monoisotopic (exact) mass is 292 g/mol. The predicted octanol–water partition coefficient (Wildman–Crippen LogP) is 3.99. The number of piperidine rings is 1. The lowest BCUT2D eigenvalue weighted by Crippen LogP contribution is -2.49. The SMILES string of the molecule is CC(N)C(c1ccc(Cl)cc1)N1CCCC2CCCC21. The standard InChI is InChI=1S/C17H25ClN2/c1-12(19)17(14-7-9-15(18)10-8-14)20-11-3-5-13-4-2-6-16(13)20/h7-10,12-13,16-17H,2-6,11,19H2,1H3. The Bertz CT molecular complexity index is 443. The van der Waals surface area contributed by atoms with E-state index < -0.39 is 0 Å². The van der Waals surface area contributed by atoms with Crippen LogP contribution in [0.25, 0.3) is 0 Å². The second-order valence-corrected chi connectivity index (χ2v) is 6.93. The van der Waals surface area contributed by atoms with Gasteiger partial charge in [-0.2, -0.15) is 0 Å². The lowest BCUT2D eigenvalue weighted by atomic mass is 9.87. The molecule has 0 radical (unpaired) electrons. The van der Waals surface area contributed by atoms with Gasteiger partial charge < -0.3 is 5.73 Å². The van der Waals surface area contributed by atoms with Gasteiger partial charge in [0.1, 0.15) is 0 Å². The van der Waals surface area contributed by atoms with Gasteiger partial charge in [0.05, 0.1) is 0 Å². The summed E-state index contributed by atoms with van der Waals surface area (Å²) in [6.45, 7) is 3.33. The molecule has 0 spiro atoms. The van der Waals surface area contributed by atoms with Gasteiger partial charge in [-0.3, -0.25) is 4.90 Å². The van der Waals surface area contributed by atoms with Crippen molar-refractivity contribution in [1.29, 1.82) is 0 Å². The fourth-order valence-corrected chi connectivity index (χ4v) is 4.42. The first-order valence-corrected chi connectivity index (χ1v) is 8.31. The zero-order chi connectivity index (χ0) is 14.1. The summed E-state index contributed by atoms with van der Waals surface area (Å²) in [5.74, 6) is 0.900. The Morgan fingerprint density at radius 3 is 2.55 bits per heavy atom. The normalized spacial score (nSPS) is 29.9. The molecule has 110 valence electrons. The molecule has 3 rings (SSSR count). The van der Waals surface area contributed by atoms with Crippen LogP contribution in [-0.4, -0.2) is 23.5 Å². The minimum Gasteiger partial charge on any atom is -0.326 e. The van der Waals surface area contributed by atoms with Crippen molar-refractivity contribution in [2.75, 3.05) is 6.54 Å². The summed E-state index contributed by atoms with van der Waals surface area (Å²) in [7, 11) is 0. The van der Waals surface area contributed by atoms with Gasteiger partial charge >= 0.3 is 0 Å². The Morgan fingerprint density at radius 2 is 1.85 bits per heavy atom. The fourth-order valence-electron chi connectivity index (χ4n) is 4.29. The maximum Gasteiger partial charge on any atom is 0.0499 e. The summed E-state index contributed by atoms with van der Waals surface area (Å²) in [5, 5.41) is 0.801. The Morgan fingerprint density at radius 1 is 1.15 bits per heavy atom. The van der Waals surface area contributed by atoms with Crippen molar-refractivity contribution in [1.82, 2.24) is 4.90 Å². The largest absolute Gasteiger partial charge is 0.326 e. The number of hydrogen-bond acceptors (Lipinski definition) is 2. The summed E-state index contributed by atoms with van der Waals surface area (Å²) >= 11 is 6.03. The van der Waals surface area contributed by atoms with Crippen molar-refractivity contribution in [2.45, 2.75) is 57.2 Å². The molecule has 0 amide bonds. The van der Waals surface area contributed by atoms with Crippen molar-refractivity contribution in [3.8, 4) is 0 Å². The molecule has 1 aromatic rings. The van der Waals surface area contributed by atoms with Gasteiger partial charge in [0, 0.05) is 23.1 Å². The van der Waals surface area contributed by atoms with E-state index in [2.05, 4.69) is 24.0 Å². The van der Waals surface area contributed by atoms with Gasteiger partial charge in [-0.15, -0.1) is 0 Å². The van der Waals surface area contributed by atoms with Crippen LogP contribution >= 0.6 is 11.6 Å². The number of fused-ring (bicyclic) bond motifs is 1. The van der Waals surface area contributed by atoms with Crippen LogP contribution in [0.1, 0.15) is 50.6 Å². The minimum absolute atomic E-state index is 0.149. The number of likely N-dealkylation sites (tertiary alicyclic amines) is 1. The Kier molecular flexibility index (Phi) is 4.34. The second kappa shape index (κ2) is 6.05. The van der Waals surface area contributed by atoms with Gasteiger partial charge in [-0.25, -0.2) is 0 Å². The fraction of sp³-hybridized carbons (Fsp3) is 0.647. The van der Waals surface area contributed by atoms with E-state index in [1.807, 2.05) is 12.1 Å². The number of rotatable bonds is 3. The van der Waals surface area contributed by atoms with Gasteiger partial charge in [-0.05, 0) is 62.8 Å². The Hall–Kier alpha value is -0.570. The number of nitrogens with zero attached hydrogens (tertiary/aromatic N) is 1. The molecule has 1 heterocycles. The number of nitrogens with two attached hydrogens (primary N) is 1. The first-order valence-electron chi connectivity index (χ1n) is 7.93. The van der Waals surface area contributed by atoms with Crippen molar-refractivity contribution in [3.05, 3.63) is 34.9 Å². The maximum absolute atomic E-state index is 6.35. The molecule has 1 aliphatic heterocycles. The summed E-state index contributed by atoms with van der Waals surface area (Å²) in [5.41, 5.74) is 7.66. The molecule has 1 saturated carbocycles. The van der Waals surface area contributed by atoms with Gasteiger partial charge in [0.2, 0.25) is 0 Å². The topological polar surface area (TPSA) is 29.3 Å². The minimum atomic E-state index is 0.149. The molecule has 1 aromatic carbocycles. The van der Waals surface area contributed by atoms with E-state index in [0.29, 0.717) is 6.04 Å². The summed E-state index contributed by atoms with van der Waals surface area (Å²) in [6, 6.07) is 9.50. The summed E-state index contributed by atoms with van der Waals surface area (Å²) in [6.07, 6.45) is 6.87. The molecule has 0 bridgehead atoms. The smallest absolute Gasteiger partial charge is 0.0499 e. The van der Waals surface area contributed by atoms with E-state index in [-0.39, 0.29) is 6.04 Å². The van der Waals surface area contributed by atoms with E-state index in [1.165, 1.54) is 44.2 Å². The molecule has 2 nitrogen and oxygen atoms in total. The average Bonchev–Trinajstić information content (AvgIpc) is 2.90. The predicted molar refractivity (Wildman–Crippen MR) is 84.9 cm³/mol. The Balaban J connectivity index is 1.88. The van der Waals surface area contributed by atoms with E-state index in [1.54, 1.807) is 0 Å². The molecule has 2 fully saturated rings. The quantitative estimate of drug-likeness (QED) is 0.912. The lowest BCUT2D eigenvalue weighted by Gasteiger charge is -2.44. The molecular weight excluding hydrogens is 268 g/mol. The third-order valence-corrected chi connectivity index (χ3v) is 5.35. The number of halogens is 1. The number of benzene rings is 1. The molecule has 1 aliphatic carbocycles. The van der Waals surface area contributed by atoms with E-state index >= 15 is 0 Å². The molecule has 2 N–H and O–H groups in total. The molecule has 1 saturated heterocycles. The summed E-state index contributed by atoms with van der Waals surface area (Å²) < 4.78 is 0. The van der Waals surface area contributed by atoms with Gasteiger partial charge in [0.15, 0.2) is 0 Å². The zero-order valence-corrected chi connectivity index (χ0v) is 13.0. The molecule has 4 unspecified atom stereocenters. The van der Waals surface area contributed by atoms with Crippen LogP contribution in [0, 0.1) is 5.92 Å². The first-order chi connectivity index (χ1) is 9.66. The maximum atomic E-state index is 6.35. The zero-order valence-electron chi connectivity index (χ0n) is 12.3. The average molecular weight is 293 g/mol. The highest BCUT2D eigenvalue weighted by atomic mass is 35.5. The molecule has 20 heavy (non-hydrogen) atoms. The van der Waals surface area contributed by atoms with Crippen molar-refractivity contribution >= 4 is 11.6 Å². The third-order valence-electron chi connectivity index (χ3n) is 5.10. The Labute approximate surface area is 127 Å². The van der Waals surface area contributed by atoms with Crippen LogP contribution in [0.2, 0.25) is 5.02 Å². The summed E-state index contributed by atoms with van der Waals surface area (Å²) in [4.78, 5) is 2.69. The highest BCUT2D eigenvalue weighted by Crippen LogP contribution is 2.41. The molecule has 4 atom stereocenters. The lowest BCUT2D eigenvalue weighted by molar-refractivity contribution is 0.0571. The van der Waals surface area contributed by atoms with Crippen LogP contribution < -0.4 is 5.73 Å². The van der Waals surface area contributed by atoms with Crippen molar-refractivity contribution < 1.29 is 0 Å². The van der Waals surface area contributed by atoms with Crippen LogP contribution in [0.4, 0.5) is 0 Å². The number of hydrogen-bond donors (Lipinski definition) is 1. The molecular formula is C17H25ClN2. The molecule has 2 aliphatic rings. The van der Waals surface area contributed by atoms with Crippen molar-refractivity contribution in [3.63, 3.8) is 0 Å².